The number of nitrogens with zero attached hydrogens (tertiary/aromatic N) is 2. The van der Waals surface area contributed by atoms with Gasteiger partial charge in [-0.3, -0.25) is 4.79 Å². The first-order chi connectivity index (χ1) is 10.3. The van der Waals surface area contributed by atoms with Crippen LogP contribution in [0.3, 0.4) is 0 Å². The molecule has 2 aliphatic heterocycles. The van der Waals surface area contributed by atoms with Crippen molar-refractivity contribution in [3.05, 3.63) is 24.0 Å². The quantitative estimate of drug-likeness (QED) is 0.926. The Morgan fingerprint density at radius 1 is 1.38 bits per heavy atom. The molecule has 0 radical (unpaired) electrons. The minimum atomic E-state index is 0.258. The fourth-order valence-corrected chi connectivity index (χ4v) is 4.48. The van der Waals surface area contributed by atoms with Gasteiger partial charge in [-0.15, -0.1) is 0 Å². The normalized spacial score (nSPS) is 32.2. The van der Waals surface area contributed by atoms with E-state index >= 15 is 0 Å². The van der Waals surface area contributed by atoms with Gasteiger partial charge in [0.2, 0.25) is 0 Å². The topological polar surface area (TPSA) is 37.3 Å². The van der Waals surface area contributed by atoms with Gasteiger partial charge in [0.05, 0.1) is 0 Å². The predicted molar refractivity (Wildman–Crippen MR) is 82.3 cm³/mol. The lowest BCUT2D eigenvalue weighted by Crippen LogP contribution is -2.40. The average molecular weight is 287 g/mol. The molecule has 21 heavy (non-hydrogen) atoms. The van der Waals surface area contributed by atoms with Crippen molar-refractivity contribution in [1.29, 1.82) is 0 Å². The Balaban J connectivity index is 1.58. The number of amides is 1. The van der Waals surface area contributed by atoms with Gasteiger partial charge in [-0.2, -0.15) is 0 Å². The van der Waals surface area contributed by atoms with Gasteiger partial charge in [0.15, 0.2) is 0 Å². The molecule has 3 unspecified atom stereocenters. The van der Waals surface area contributed by atoms with Crippen molar-refractivity contribution in [2.45, 2.75) is 44.7 Å². The molecule has 3 fully saturated rings. The summed E-state index contributed by atoms with van der Waals surface area (Å²) in [5.74, 6) is 1.57. The van der Waals surface area contributed by atoms with E-state index in [1.165, 1.54) is 19.3 Å². The number of nitrogens with one attached hydrogen (secondary N) is 1. The van der Waals surface area contributed by atoms with E-state index < -0.39 is 0 Å². The Bertz CT molecular complexity index is 534. The molecule has 114 valence electrons. The molecule has 1 aromatic heterocycles. The molecule has 4 rings (SSSR count). The van der Waals surface area contributed by atoms with Gasteiger partial charge in [0.1, 0.15) is 5.69 Å². The molecule has 1 N–H and O–H groups in total. The molecule has 3 heterocycles. The van der Waals surface area contributed by atoms with Crippen LogP contribution in [0.25, 0.3) is 0 Å². The maximum Gasteiger partial charge on any atom is 0.270 e. The number of rotatable bonds is 3. The van der Waals surface area contributed by atoms with Gasteiger partial charge in [0, 0.05) is 37.9 Å². The molecule has 3 aliphatic rings. The summed E-state index contributed by atoms with van der Waals surface area (Å²) in [5, 5.41) is 3.49. The Kier molecular flexibility index (Phi) is 3.29. The minimum Gasteiger partial charge on any atom is -0.340 e. The Hall–Kier alpha value is -1.29. The fourth-order valence-electron chi connectivity index (χ4n) is 4.48. The Morgan fingerprint density at radius 3 is 2.95 bits per heavy atom. The number of carbonyl (C=O) groups is 1. The van der Waals surface area contributed by atoms with Crippen molar-refractivity contribution in [1.82, 2.24) is 14.8 Å². The molecule has 1 amide bonds. The highest BCUT2D eigenvalue weighted by molar-refractivity contribution is 5.93. The molecular formula is C17H25N3O. The van der Waals surface area contributed by atoms with Crippen LogP contribution < -0.4 is 5.32 Å². The molecule has 2 saturated heterocycles. The smallest absolute Gasteiger partial charge is 0.270 e. The van der Waals surface area contributed by atoms with E-state index in [-0.39, 0.29) is 5.91 Å². The maximum absolute atomic E-state index is 13.1. The van der Waals surface area contributed by atoms with Crippen LogP contribution in [0, 0.1) is 11.8 Å². The van der Waals surface area contributed by atoms with E-state index in [4.69, 9.17) is 0 Å². The highest BCUT2D eigenvalue weighted by Crippen LogP contribution is 2.37. The summed E-state index contributed by atoms with van der Waals surface area (Å²) in [7, 11) is 0. The van der Waals surface area contributed by atoms with Crippen LogP contribution in [0.4, 0.5) is 0 Å². The summed E-state index contributed by atoms with van der Waals surface area (Å²) in [6, 6.07) is 5.02. The summed E-state index contributed by atoms with van der Waals surface area (Å²) in [6.07, 6.45) is 6.91. The van der Waals surface area contributed by atoms with Gasteiger partial charge < -0.3 is 14.8 Å². The second kappa shape index (κ2) is 5.16. The maximum atomic E-state index is 13.1. The number of carbonyl (C=O) groups excluding carboxylic acids is 1. The van der Waals surface area contributed by atoms with E-state index in [9.17, 15) is 4.79 Å². The summed E-state index contributed by atoms with van der Waals surface area (Å²) < 4.78 is 2.23. The van der Waals surface area contributed by atoms with Crippen molar-refractivity contribution in [3.63, 3.8) is 0 Å². The van der Waals surface area contributed by atoms with Gasteiger partial charge in [-0.05, 0) is 49.7 Å². The lowest BCUT2D eigenvalue weighted by atomic mass is 9.92. The third-order valence-corrected chi connectivity index (χ3v) is 5.86. The molecule has 1 aliphatic carbocycles. The van der Waals surface area contributed by atoms with E-state index in [0.717, 1.165) is 31.7 Å². The summed E-state index contributed by atoms with van der Waals surface area (Å²) in [6.45, 7) is 5.31. The van der Waals surface area contributed by atoms with Crippen molar-refractivity contribution in [2.75, 3.05) is 19.6 Å². The molecule has 0 bridgehead atoms. The van der Waals surface area contributed by atoms with Crippen molar-refractivity contribution >= 4 is 5.91 Å². The van der Waals surface area contributed by atoms with Crippen LogP contribution in [-0.2, 0) is 0 Å². The van der Waals surface area contributed by atoms with Crippen LogP contribution >= 0.6 is 0 Å². The van der Waals surface area contributed by atoms with Crippen LogP contribution in [0.15, 0.2) is 18.3 Å². The molecule has 3 atom stereocenters. The molecule has 1 aromatic rings. The first-order valence-electron chi connectivity index (χ1n) is 8.48. The van der Waals surface area contributed by atoms with Gasteiger partial charge >= 0.3 is 0 Å². The van der Waals surface area contributed by atoms with E-state index in [1.54, 1.807) is 0 Å². The van der Waals surface area contributed by atoms with Crippen LogP contribution in [0.5, 0.6) is 0 Å². The second-order valence-corrected chi connectivity index (χ2v) is 6.90. The zero-order valence-corrected chi connectivity index (χ0v) is 12.8. The number of likely N-dealkylation sites (tertiary alicyclic amines) is 1. The summed E-state index contributed by atoms with van der Waals surface area (Å²) >= 11 is 0. The summed E-state index contributed by atoms with van der Waals surface area (Å²) in [4.78, 5) is 15.2. The third-order valence-electron chi connectivity index (χ3n) is 5.86. The number of hydrogen-bond acceptors (Lipinski definition) is 2. The first-order valence-corrected chi connectivity index (χ1v) is 8.48. The number of aromatic nitrogens is 1. The number of hydrogen-bond donors (Lipinski definition) is 1. The zero-order valence-electron chi connectivity index (χ0n) is 12.8. The Morgan fingerprint density at radius 2 is 2.24 bits per heavy atom. The largest absolute Gasteiger partial charge is 0.340 e. The van der Waals surface area contributed by atoms with E-state index in [0.29, 0.717) is 23.9 Å². The third kappa shape index (κ3) is 2.03. The Labute approximate surface area is 126 Å². The molecule has 4 nitrogen and oxygen atoms in total. The SMILES string of the molecule is CCC1C2CNCC2CN1C(=O)c1cccn1C1CCC1. The highest BCUT2D eigenvalue weighted by atomic mass is 16.2. The minimum absolute atomic E-state index is 0.258. The highest BCUT2D eigenvalue weighted by Gasteiger charge is 2.45. The number of fused-ring (bicyclic) bond motifs is 1. The van der Waals surface area contributed by atoms with Crippen LogP contribution in [-0.4, -0.2) is 41.1 Å². The van der Waals surface area contributed by atoms with Crippen molar-refractivity contribution in [2.24, 2.45) is 11.8 Å². The van der Waals surface area contributed by atoms with Gasteiger partial charge in [-0.1, -0.05) is 6.92 Å². The standard InChI is InChI=1S/C17H25N3O/c1-2-15-14-10-18-9-12(14)11-20(15)17(21)16-7-4-8-19(16)13-5-3-6-13/h4,7-8,12-15,18H,2-3,5-6,9-11H2,1H3. The van der Waals surface area contributed by atoms with E-state index in [2.05, 4.69) is 27.9 Å². The first kappa shape index (κ1) is 13.4. The second-order valence-electron chi connectivity index (χ2n) is 6.90. The van der Waals surface area contributed by atoms with Crippen LogP contribution in [0.1, 0.15) is 49.1 Å². The zero-order chi connectivity index (χ0) is 14.4. The predicted octanol–water partition coefficient (Wildman–Crippen LogP) is 2.28. The lowest BCUT2D eigenvalue weighted by molar-refractivity contribution is 0.0694. The monoisotopic (exact) mass is 287 g/mol. The van der Waals surface area contributed by atoms with E-state index in [1.807, 2.05) is 12.1 Å². The molecular weight excluding hydrogens is 262 g/mol. The van der Waals surface area contributed by atoms with Crippen molar-refractivity contribution < 1.29 is 4.79 Å². The van der Waals surface area contributed by atoms with Crippen LogP contribution in [0.2, 0.25) is 0 Å². The molecule has 0 spiro atoms. The summed E-state index contributed by atoms with van der Waals surface area (Å²) in [5.41, 5.74) is 0.908. The van der Waals surface area contributed by atoms with Gasteiger partial charge in [0.25, 0.3) is 5.91 Å². The lowest BCUT2D eigenvalue weighted by Gasteiger charge is -2.31. The average Bonchev–Trinajstić information content (AvgIpc) is 3.10. The van der Waals surface area contributed by atoms with Gasteiger partial charge in [-0.25, -0.2) is 0 Å². The van der Waals surface area contributed by atoms with Crippen molar-refractivity contribution in [3.8, 4) is 0 Å². The molecule has 0 aromatic carbocycles. The molecule has 4 heteroatoms. The fraction of sp³-hybridized carbons (Fsp3) is 0.706. The molecule has 1 saturated carbocycles.